The lowest BCUT2D eigenvalue weighted by molar-refractivity contribution is 0.0935. The standard InChI is InChI=1S/C18H22OS/c1-5-12(2)16(15-9-7-6-8-10-15)17(19)18-13(3)11-14(4)20-18/h6-12,16H,5H2,1-4H3. The lowest BCUT2D eigenvalue weighted by Gasteiger charge is -2.22. The Hall–Kier alpha value is -1.41. The normalized spacial score (nSPS) is 14.0. The second-order valence-electron chi connectivity index (χ2n) is 5.51. The lowest BCUT2D eigenvalue weighted by atomic mass is 9.81. The Morgan fingerprint density at radius 2 is 1.85 bits per heavy atom. The van der Waals surface area contributed by atoms with E-state index in [4.69, 9.17) is 0 Å². The molecule has 1 nitrogen and oxygen atoms in total. The van der Waals surface area contributed by atoms with E-state index < -0.39 is 0 Å². The van der Waals surface area contributed by atoms with Gasteiger partial charge in [0.15, 0.2) is 5.78 Å². The number of aryl methyl sites for hydroxylation is 2. The van der Waals surface area contributed by atoms with Gasteiger partial charge in [-0.2, -0.15) is 0 Å². The molecule has 0 aliphatic rings. The van der Waals surface area contributed by atoms with Gasteiger partial charge in [-0.25, -0.2) is 0 Å². The predicted octanol–water partition coefficient (Wildman–Crippen LogP) is 5.38. The van der Waals surface area contributed by atoms with Crippen molar-refractivity contribution in [2.24, 2.45) is 5.92 Å². The average molecular weight is 286 g/mol. The van der Waals surface area contributed by atoms with Crippen LogP contribution in [0.25, 0.3) is 0 Å². The van der Waals surface area contributed by atoms with Crippen LogP contribution in [0.4, 0.5) is 0 Å². The van der Waals surface area contributed by atoms with E-state index in [0.29, 0.717) is 5.92 Å². The van der Waals surface area contributed by atoms with Crippen LogP contribution >= 0.6 is 11.3 Å². The Labute approximate surface area is 125 Å². The fraction of sp³-hybridized carbons (Fsp3) is 0.389. The number of hydrogen-bond donors (Lipinski definition) is 0. The van der Waals surface area contributed by atoms with Crippen LogP contribution in [0.5, 0.6) is 0 Å². The largest absolute Gasteiger partial charge is 0.293 e. The number of carbonyl (C=O) groups excluding carboxylic acids is 1. The summed E-state index contributed by atoms with van der Waals surface area (Å²) in [5.41, 5.74) is 2.25. The smallest absolute Gasteiger partial charge is 0.180 e. The van der Waals surface area contributed by atoms with Crippen molar-refractivity contribution in [1.29, 1.82) is 0 Å². The molecule has 0 bridgehead atoms. The molecule has 0 saturated heterocycles. The van der Waals surface area contributed by atoms with E-state index in [9.17, 15) is 4.79 Å². The first kappa shape index (κ1) is 15.0. The third-order valence-corrected chi connectivity index (χ3v) is 5.09. The van der Waals surface area contributed by atoms with Crippen molar-refractivity contribution in [3.8, 4) is 0 Å². The first-order chi connectivity index (χ1) is 9.54. The van der Waals surface area contributed by atoms with Crippen molar-refractivity contribution < 1.29 is 4.79 Å². The molecule has 0 N–H and O–H groups in total. The number of thiophene rings is 1. The van der Waals surface area contributed by atoms with Gasteiger partial charge in [0.1, 0.15) is 0 Å². The maximum atomic E-state index is 13.0. The highest BCUT2D eigenvalue weighted by Gasteiger charge is 2.28. The summed E-state index contributed by atoms with van der Waals surface area (Å²) in [4.78, 5) is 15.1. The summed E-state index contributed by atoms with van der Waals surface area (Å²) in [6.07, 6.45) is 1.01. The SMILES string of the molecule is CCC(C)C(C(=O)c1sc(C)cc1C)c1ccccc1. The van der Waals surface area contributed by atoms with E-state index in [1.807, 2.05) is 25.1 Å². The molecule has 2 aromatic rings. The van der Waals surface area contributed by atoms with E-state index in [1.165, 1.54) is 4.88 Å². The molecule has 0 fully saturated rings. The third-order valence-electron chi connectivity index (χ3n) is 3.92. The Kier molecular flexibility index (Phi) is 4.77. The van der Waals surface area contributed by atoms with Gasteiger partial charge in [0.05, 0.1) is 10.8 Å². The molecule has 2 atom stereocenters. The van der Waals surface area contributed by atoms with Gasteiger partial charge >= 0.3 is 0 Å². The molecule has 1 aromatic heterocycles. The average Bonchev–Trinajstić information content (AvgIpc) is 2.79. The topological polar surface area (TPSA) is 17.1 Å². The Bertz CT molecular complexity index is 583. The highest BCUT2D eigenvalue weighted by Crippen LogP contribution is 2.34. The number of benzene rings is 1. The minimum absolute atomic E-state index is 0.0297. The second kappa shape index (κ2) is 6.36. The Morgan fingerprint density at radius 3 is 2.35 bits per heavy atom. The van der Waals surface area contributed by atoms with Gasteiger partial charge < -0.3 is 0 Å². The predicted molar refractivity (Wildman–Crippen MR) is 86.8 cm³/mol. The van der Waals surface area contributed by atoms with Crippen molar-refractivity contribution in [2.75, 3.05) is 0 Å². The first-order valence-electron chi connectivity index (χ1n) is 7.20. The van der Waals surface area contributed by atoms with Gasteiger partial charge in [0, 0.05) is 4.88 Å². The number of hydrogen-bond acceptors (Lipinski definition) is 2. The zero-order valence-electron chi connectivity index (χ0n) is 12.6. The summed E-state index contributed by atoms with van der Waals surface area (Å²) in [6, 6.07) is 12.3. The molecule has 1 heterocycles. The van der Waals surface area contributed by atoms with Gasteiger partial charge in [0.25, 0.3) is 0 Å². The summed E-state index contributed by atoms with van der Waals surface area (Å²) in [5, 5.41) is 0. The fourth-order valence-electron chi connectivity index (χ4n) is 2.66. The molecular formula is C18H22OS. The molecule has 0 radical (unpaired) electrons. The van der Waals surface area contributed by atoms with Gasteiger partial charge in [-0.05, 0) is 37.0 Å². The summed E-state index contributed by atoms with van der Waals surface area (Å²) >= 11 is 1.62. The zero-order valence-corrected chi connectivity index (χ0v) is 13.5. The van der Waals surface area contributed by atoms with Gasteiger partial charge in [0.2, 0.25) is 0 Å². The van der Waals surface area contributed by atoms with Crippen LogP contribution < -0.4 is 0 Å². The molecule has 0 amide bonds. The molecule has 20 heavy (non-hydrogen) atoms. The van der Waals surface area contributed by atoms with Gasteiger partial charge in [-0.3, -0.25) is 4.79 Å². The third kappa shape index (κ3) is 3.01. The molecule has 1 aromatic carbocycles. The molecule has 0 aliphatic heterocycles. The summed E-state index contributed by atoms with van der Waals surface area (Å²) in [6.45, 7) is 8.43. The number of ketones is 1. The quantitative estimate of drug-likeness (QED) is 0.675. The van der Waals surface area contributed by atoms with Crippen molar-refractivity contribution in [2.45, 2.75) is 40.0 Å². The number of carbonyl (C=O) groups is 1. The van der Waals surface area contributed by atoms with Crippen molar-refractivity contribution in [3.63, 3.8) is 0 Å². The Morgan fingerprint density at radius 1 is 1.20 bits per heavy atom. The molecule has 0 aliphatic carbocycles. The van der Waals surface area contributed by atoms with E-state index in [1.54, 1.807) is 11.3 Å². The van der Waals surface area contributed by atoms with Crippen molar-refractivity contribution in [1.82, 2.24) is 0 Å². The minimum atomic E-state index is -0.0297. The van der Waals surface area contributed by atoms with Gasteiger partial charge in [-0.1, -0.05) is 50.6 Å². The molecule has 106 valence electrons. The number of Topliss-reactive ketones (excluding diaryl/α,β-unsaturated/α-hetero) is 1. The van der Waals surface area contributed by atoms with Crippen LogP contribution in [0, 0.1) is 19.8 Å². The Balaban J connectivity index is 2.42. The first-order valence-corrected chi connectivity index (χ1v) is 8.02. The molecule has 0 saturated carbocycles. The van der Waals surface area contributed by atoms with Crippen LogP contribution in [0.1, 0.15) is 51.9 Å². The van der Waals surface area contributed by atoms with Crippen LogP contribution in [0.3, 0.4) is 0 Å². The summed E-state index contributed by atoms with van der Waals surface area (Å²) in [7, 11) is 0. The molecule has 2 unspecified atom stereocenters. The summed E-state index contributed by atoms with van der Waals surface area (Å²) < 4.78 is 0. The highest BCUT2D eigenvalue weighted by molar-refractivity contribution is 7.14. The van der Waals surface area contributed by atoms with E-state index in [-0.39, 0.29) is 11.7 Å². The van der Waals surface area contributed by atoms with Crippen LogP contribution in [0.2, 0.25) is 0 Å². The van der Waals surface area contributed by atoms with E-state index in [0.717, 1.165) is 22.4 Å². The molecular weight excluding hydrogens is 264 g/mol. The fourth-order valence-corrected chi connectivity index (χ4v) is 3.67. The van der Waals surface area contributed by atoms with Crippen molar-refractivity contribution in [3.05, 3.63) is 57.3 Å². The van der Waals surface area contributed by atoms with Crippen LogP contribution in [-0.2, 0) is 0 Å². The van der Waals surface area contributed by atoms with Gasteiger partial charge in [-0.15, -0.1) is 11.3 Å². The monoisotopic (exact) mass is 286 g/mol. The molecule has 2 heteroatoms. The van der Waals surface area contributed by atoms with Crippen LogP contribution in [0.15, 0.2) is 36.4 Å². The zero-order chi connectivity index (χ0) is 14.7. The number of rotatable bonds is 5. The molecule has 0 spiro atoms. The summed E-state index contributed by atoms with van der Waals surface area (Å²) in [5.74, 6) is 0.603. The minimum Gasteiger partial charge on any atom is -0.293 e. The second-order valence-corrected chi connectivity index (χ2v) is 6.76. The maximum Gasteiger partial charge on any atom is 0.180 e. The van der Waals surface area contributed by atoms with E-state index >= 15 is 0 Å². The molecule has 2 rings (SSSR count). The maximum absolute atomic E-state index is 13.0. The van der Waals surface area contributed by atoms with Crippen LogP contribution in [-0.4, -0.2) is 5.78 Å². The highest BCUT2D eigenvalue weighted by atomic mass is 32.1. The van der Waals surface area contributed by atoms with Crippen molar-refractivity contribution >= 4 is 17.1 Å². The van der Waals surface area contributed by atoms with E-state index in [2.05, 4.69) is 39.0 Å². The lowest BCUT2D eigenvalue weighted by Crippen LogP contribution is -2.19.